The van der Waals surface area contributed by atoms with Crippen LogP contribution in [0.1, 0.15) is 23.5 Å². The number of aromatic nitrogens is 1. The van der Waals surface area contributed by atoms with Gasteiger partial charge in [-0.05, 0) is 30.0 Å². The second-order valence-corrected chi connectivity index (χ2v) is 4.08. The first-order valence-electron chi connectivity index (χ1n) is 5.15. The highest BCUT2D eigenvalue weighted by Crippen LogP contribution is 2.36. The van der Waals surface area contributed by atoms with Gasteiger partial charge in [-0.15, -0.1) is 0 Å². The molecule has 3 rings (SSSR count). The van der Waals surface area contributed by atoms with Crippen molar-refractivity contribution in [3.05, 3.63) is 35.5 Å². The van der Waals surface area contributed by atoms with E-state index in [0.29, 0.717) is 0 Å². The number of benzene rings is 1. The molecule has 0 aliphatic heterocycles. The zero-order valence-electron chi connectivity index (χ0n) is 8.29. The van der Waals surface area contributed by atoms with E-state index >= 15 is 0 Å². The van der Waals surface area contributed by atoms with E-state index in [-0.39, 0.29) is 11.8 Å². The summed E-state index contributed by atoms with van der Waals surface area (Å²) in [5, 5.41) is 1.20. The van der Waals surface area contributed by atoms with E-state index in [9.17, 15) is 4.79 Å². The Kier molecular flexibility index (Phi) is 1.63. The number of rotatable bonds is 1. The van der Waals surface area contributed by atoms with Crippen LogP contribution in [-0.4, -0.2) is 10.9 Å². The van der Waals surface area contributed by atoms with E-state index in [1.807, 2.05) is 18.3 Å². The van der Waals surface area contributed by atoms with Crippen LogP contribution in [0.2, 0.25) is 0 Å². The Bertz CT molecular complexity index is 542. The Hall–Kier alpha value is -1.77. The van der Waals surface area contributed by atoms with E-state index < -0.39 is 0 Å². The summed E-state index contributed by atoms with van der Waals surface area (Å²) in [6.45, 7) is 0. The maximum atomic E-state index is 11.3. The largest absolute Gasteiger partial charge is 0.369 e. The second-order valence-electron chi connectivity index (χ2n) is 4.08. The molecule has 1 aliphatic rings. The van der Waals surface area contributed by atoms with Crippen LogP contribution < -0.4 is 5.73 Å². The molecule has 3 nitrogen and oxygen atoms in total. The minimum atomic E-state index is -0.217. The molecule has 1 aliphatic carbocycles. The lowest BCUT2D eigenvalue weighted by Gasteiger charge is -2.19. The van der Waals surface area contributed by atoms with Crippen LogP contribution >= 0.6 is 0 Å². The number of amides is 1. The highest BCUT2D eigenvalue weighted by molar-refractivity contribution is 5.94. The lowest BCUT2D eigenvalue weighted by molar-refractivity contribution is -0.119. The molecular formula is C12H12N2O. The second kappa shape index (κ2) is 2.86. The molecule has 76 valence electrons. The monoisotopic (exact) mass is 200 g/mol. The zero-order chi connectivity index (χ0) is 10.4. The van der Waals surface area contributed by atoms with Crippen LogP contribution in [0.15, 0.2) is 24.4 Å². The number of H-pyrrole nitrogens is 1. The molecule has 0 radical (unpaired) electrons. The van der Waals surface area contributed by atoms with Gasteiger partial charge in [0.25, 0.3) is 0 Å². The number of primary amides is 1. The molecule has 3 heteroatoms. The van der Waals surface area contributed by atoms with Gasteiger partial charge in [-0.3, -0.25) is 4.79 Å². The highest BCUT2D eigenvalue weighted by atomic mass is 16.1. The predicted octanol–water partition coefficient (Wildman–Crippen LogP) is 1.68. The molecule has 2 aromatic rings. The number of aryl methyl sites for hydroxylation is 1. The van der Waals surface area contributed by atoms with Crippen molar-refractivity contribution in [2.24, 2.45) is 5.73 Å². The van der Waals surface area contributed by atoms with Crippen molar-refractivity contribution < 1.29 is 4.79 Å². The Morgan fingerprint density at radius 3 is 3.13 bits per heavy atom. The molecule has 0 saturated heterocycles. The summed E-state index contributed by atoms with van der Waals surface area (Å²) >= 11 is 0. The van der Waals surface area contributed by atoms with Crippen molar-refractivity contribution in [2.75, 3.05) is 0 Å². The first kappa shape index (κ1) is 8.53. The van der Waals surface area contributed by atoms with E-state index in [1.165, 1.54) is 10.9 Å². The summed E-state index contributed by atoms with van der Waals surface area (Å²) in [7, 11) is 0. The van der Waals surface area contributed by atoms with Crippen molar-refractivity contribution >= 4 is 16.8 Å². The van der Waals surface area contributed by atoms with Crippen molar-refractivity contribution in [3.8, 4) is 0 Å². The SMILES string of the molecule is NC(=O)[C@H]1CCc2cccc3[nH]cc1c23. The fourth-order valence-electron chi connectivity index (χ4n) is 2.52. The number of hydrogen-bond donors (Lipinski definition) is 2. The molecule has 15 heavy (non-hydrogen) atoms. The molecule has 0 fully saturated rings. The summed E-state index contributed by atoms with van der Waals surface area (Å²) in [4.78, 5) is 14.5. The summed E-state index contributed by atoms with van der Waals surface area (Å²) in [5.41, 5.74) is 8.90. The number of nitrogens with one attached hydrogen (secondary N) is 1. The van der Waals surface area contributed by atoms with E-state index in [1.54, 1.807) is 0 Å². The number of nitrogens with two attached hydrogens (primary N) is 1. The fourth-order valence-corrected chi connectivity index (χ4v) is 2.52. The van der Waals surface area contributed by atoms with Crippen molar-refractivity contribution in [2.45, 2.75) is 18.8 Å². The molecule has 1 aromatic heterocycles. The van der Waals surface area contributed by atoms with Crippen LogP contribution in [0, 0.1) is 0 Å². The molecule has 1 aromatic carbocycles. The van der Waals surface area contributed by atoms with Gasteiger partial charge in [-0.1, -0.05) is 12.1 Å². The van der Waals surface area contributed by atoms with Gasteiger partial charge in [0.15, 0.2) is 0 Å². The van der Waals surface area contributed by atoms with Gasteiger partial charge in [0.2, 0.25) is 5.91 Å². The summed E-state index contributed by atoms with van der Waals surface area (Å²) in [6, 6.07) is 6.20. The van der Waals surface area contributed by atoms with Gasteiger partial charge in [0.1, 0.15) is 0 Å². The molecule has 0 unspecified atom stereocenters. The Labute approximate surface area is 87.3 Å². The van der Waals surface area contributed by atoms with Gasteiger partial charge < -0.3 is 10.7 Å². The minimum Gasteiger partial charge on any atom is -0.369 e. The van der Waals surface area contributed by atoms with Crippen LogP contribution in [0.25, 0.3) is 10.9 Å². The first-order valence-corrected chi connectivity index (χ1v) is 5.15. The molecule has 3 N–H and O–H groups in total. The summed E-state index contributed by atoms with van der Waals surface area (Å²) < 4.78 is 0. The fraction of sp³-hybridized carbons (Fsp3) is 0.250. The van der Waals surface area contributed by atoms with Crippen molar-refractivity contribution in [1.29, 1.82) is 0 Å². The quantitative estimate of drug-likeness (QED) is 0.723. The van der Waals surface area contributed by atoms with E-state index in [2.05, 4.69) is 11.1 Å². The van der Waals surface area contributed by atoms with Crippen LogP contribution in [0.3, 0.4) is 0 Å². The summed E-state index contributed by atoms with van der Waals surface area (Å²) in [6.07, 6.45) is 3.69. The molecule has 1 amide bonds. The predicted molar refractivity (Wildman–Crippen MR) is 58.6 cm³/mol. The third-order valence-electron chi connectivity index (χ3n) is 3.24. The lowest BCUT2D eigenvalue weighted by Crippen LogP contribution is -2.23. The molecule has 1 atom stereocenters. The third-order valence-corrected chi connectivity index (χ3v) is 3.24. The topological polar surface area (TPSA) is 58.9 Å². The van der Waals surface area contributed by atoms with Crippen LogP contribution in [0.4, 0.5) is 0 Å². The lowest BCUT2D eigenvalue weighted by atomic mass is 9.84. The molecular weight excluding hydrogens is 188 g/mol. The standard InChI is InChI=1S/C12H12N2O/c13-12(15)8-5-4-7-2-1-3-10-11(7)9(8)6-14-10/h1-3,6,8,14H,4-5H2,(H2,13,15)/t8-/m0/s1. The first-order chi connectivity index (χ1) is 7.27. The molecule has 0 saturated carbocycles. The number of hydrogen-bond acceptors (Lipinski definition) is 1. The highest BCUT2D eigenvalue weighted by Gasteiger charge is 2.26. The van der Waals surface area contributed by atoms with Gasteiger partial charge in [-0.25, -0.2) is 0 Å². The molecule has 0 spiro atoms. The van der Waals surface area contributed by atoms with Gasteiger partial charge in [0.05, 0.1) is 5.92 Å². The Morgan fingerprint density at radius 2 is 2.33 bits per heavy atom. The maximum absolute atomic E-state index is 11.3. The smallest absolute Gasteiger partial charge is 0.225 e. The number of carbonyl (C=O) groups is 1. The Balaban J connectivity index is 2.31. The van der Waals surface area contributed by atoms with Crippen molar-refractivity contribution in [1.82, 2.24) is 4.98 Å². The number of aromatic amines is 1. The van der Waals surface area contributed by atoms with E-state index in [4.69, 9.17) is 5.73 Å². The van der Waals surface area contributed by atoms with Gasteiger partial charge in [-0.2, -0.15) is 0 Å². The average molecular weight is 200 g/mol. The van der Waals surface area contributed by atoms with Crippen LogP contribution in [-0.2, 0) is 11.2 Å². The van der Waals surface area contributed by atoms with Gasteiger partial charge >= 0.3 is 0 Å². The van der Waals surface area contributed by atoms with Gasteiger partial charge in [0, 0.05) is 17.1 Å². The molecule has 1 heterocycles. The molecule has 0 bridgehead atoms. The maximum Gasteiger partial charge on any atom is 0.225 e. The van der Waals surface area contributed by atoms with E-state index in [0.717, 1.165) is 23.9 Å². The normalized spacial score (nSPS) is 19.3. The third kappa shape index (κ3) is 1.09. The number of carbonyl (C=O) groups excluding carboxylic acids is 1. The van der Waals surface area contributed by atoms with Crippen molar-refractivity contribution in [3.63, 3.8) is 0 Å². The average Bonchev–Trinajstić information content (AvgIpc) is 2.65. The Morgan fingerprint density at radius 1 is 1.47 bits per heavy atom. The van der Waals surface area contributed by atoms with Crippen LogP contribution in [0.5, 0.6) is 0 Å². The summed E-state index contributed by atoms with van der Waals surface area (Å²) in [5.74, 6) is -0.334. The zero-order valence-corrected chi connectivity index (χ0v) is 8.29. The minimum absolute atomic E-state index is 0.117.